The first-order chi connectivity index (χ1) is 6.27. The van der Waals surface area contributed by atoms with E-state index in [4.69, 9.17) is 9.47 Å². The quantitative estimate of drug-likeness (QED) is 0.607. The van der Waals surface area contributed by atoms with Crippen LogP contribution in [0.2, 0.25) is 0 Å². The lowest BCUT2D eigenvalue weighted by atomic mass is 9.78. The molecule has 0 aromatic rings. The second-order valence-electron chi connectivity index (χ2n) is 3.95. The monoisotopic (exact) mass is 187 g/mol. The molecule has 0 atom stereocenters. The molecule has 1 aliphatic carbocycles. The average molecular weight is 187 g/mol. The molecule has 3 nitrogen and oxygen atoms in total. The zero-order valence-electron chi connectivity index (χ0n) is 8.77. The van der Waals surface area contributed by atoms with Gasteiger partial charge in [-0.15, -0.1) is 0 Å². The average Bonchev–Trinajstić information content (AvgIpc) is 2.08. The van der Waals surface area contributed by atoms with Crippen molar-refractivity contribution in [2.24, 2.45) is 0 Å². The largest absolute Gasteiger partial charge is 0.382 e. The van der Waals surface area contributed by atoms with E-state index in [9.17, 15) is 0 Å². The maximum Gasteiger partial charge on any atom is 0.0700 e. The van der Waals surface area contributed by atoms with Crippen LogP contribution < -0.4 is 5.32 Å². The summed E-state index contributed by atoms with van der Waals surface area (Å²) in [6.07, 6.45) is 3.99. The molecule has 78 valence electrons. The van der Waals surface area contributed by atoms with Crippen molar-refractivity contribution in [3.05, 3.63) is 0 Å². The highest BCUT2D eigenvalue weighted by Gasteiger charge is 2.30. The fourth-order valence-corrected chi connectivity index (χ4v) is 1.55. The second-order valence-corrected chi connectivity index (χ2v) is 3.95. The highest BCUT2D eigenvalue weighted by molar-refractivity contribution is 4.91. The third kappa shape index (κ3) is 4.07. The summed E-state index contributed by atoms with van der Waals surface area (Å²) in [6.45, 7) is 5.43. The fraction of sp³-hybridized carbons (Fsp3) is 1.00. The van der Waals surface area contributed by atoms with Crippen LogP contribution in [0.1, 0.15) is 26.2 Å². The maximum atomic E-state index is 5.35. The molecule has 0 saturated heterocycles. The maximum absolute atomic E-state index is 5.35. The summed E-state index contributed by atoms with van der Waals surface area (Å²) >= 11 is 0. The predicted molar refractivity (Wildman–Crippen MR) is 53.0 cm³/mol. The smallest absolute Gasteiger partial charge is 0.0700 e. The summed E-state index contributed by atoms with van der Waals surface area (Å²) < 4.78 is 10.2. The summed E-state index contributed by atoms with van der Waals surface area (Å²) in [5.74, 6) is 0. The molecule has 0 aromatic carbocycles. The Bertz CT molecular complexity index is 135. The minimum atomic E-state index is 0.407. The molecule has 0 unspecified atom stereocenters. The van der Waals surface area contributed by atoms with E-state index in [1.807, 2.05) is 0 Å². The topological polar surface area (TPSA) is 30.5 Å². The van der Waals surface area contributed by atoms with Gasteiger partial charge in [-0.05, 0) is 26.2 Å². The van der Waals surface area contributed by atoms with E-state index in [-0.39, 0.29) is 0 Å². The molecule has 1 rings (SSSR count). The number of rotatable bonds is 7. The van der Waals surface area contributed by atoms with Gasteiger partial charge in [0.15, 0.2) is 0 Å². The highest BCUT2D eigenvalue weighted by Crippen LogP contribution is 2.30. The van der Waals surface area contributed by atoms with Crippen molar-refractivity contribution in [2.75, 3.05) is 33.5 Å². The number of nitrogens with one attached hydrogen (secondary N) is 1. The van der Waals surface area contributed by atoms with Gasteiger partial charge in [0, 0.05) is 19.2 Å². The number of methoxy groups -OCH3 is 1. The molecule has 13 heavy (non-hydrogen) atoms. The van der Waals surface area contributed by atoms with Gasteiger partial charge in [0.2, 0.25) is 0 Å². The Morgan fingerprint density at radius 1 is 1.23 bits per heavy atom. The summed E-state index contributed by atoms with van der Waals surface area (Å²) in [4.78, 5) is 0. The molecule has 0 amide bonds. The van der Waals surface area contributed by atoms with E-state index in [0.717, 1.165) is 13.2 Å². The van der Waals surface area contributed by atoms with E-state index >= 15 is 0 Å². The van der Waals surface area contributed by atoms with Crippen LogP contribution in [0.25, 0.3) is 0 Å². The van der Waals surface area contributed by atoms with Gasteiger partial charge < -0.3 is 14.8 Å². The van der Waals surface area contributed by atoms with Crippen molar-refractivity contribution in [3.63, 3.8) is 0 Å². The standard InChI is InChI=1S/C10H21NO2/c1-10(4-3-5-10)11-6-7-13-9-8-12-2/h11H,3-9H2,1-2H3. The molecule has 3 heteroatoms. The van der Waals surface area contributed by atoms with Crippen molar-refractivity contribution in [1.29, 1.82) is 0 Å². The van der Waals surface area contributed by atoms with Crippen LogP contribution in [-0.4, -0.2) is 39.0 Å². The summed E-state index contributed by atoms with van der Waals surface area (Å²) in [7, 11) is 1.69. The lowest BCUT2D eigenvalue weighted by Gasteiger charge is -2.39. The van der Waals surface area contributed by atoms with Gasteiger partial charge in [-0.1, -0.05) is 0 Å². The van der Waals surface area contributed by atoms with Crippen molar-refractivity contribution in [2.45, 2.75) is 31.7 Å². The Kier molecular flexibility index (Phi) is 4.70. The summed E-state index contributed by atoms with van der Waals surface area (Å²) in [5, 5.41) is 3.51. The molecule has 1 aliphatic rings. The van der Waals surface area contributed by atoms with Crippen LogP contribution in [0.4, 0.5) is 0 Å². The first kappa shape index (κ1) is 11.0. The van der Waals surface area contributed by atoms with E-state index in [1.54, 1.807) is 7.11 Å². The molecular weight excluding hydrogens is 166 g/mol. The van der Waals surface area contributed by atoms with Gasteiger partial charge in [-0.2, -0.15) is 0 Å². The van der Waals surface area contributed by atoms with E-state index in [2.05, 4.69) is 12.2 Å². The van der Waals surface area contributed by atoms with Gasteiger partial charge in [-0.25, -0.2) is 0 Å². The van der Waals surface area contributed by atoms with Crippen LogP contribution in [0, 0.1) is 0 Å². The Labute approximate surface area is 80.8 Å². The summed E-state index contributed by atoms with van der Waals surface area (Å²) in [5.41, 5.74) is 0.407. The molecule has 0 aromatic heterocycles. The molecule has 0 spiro atoms. The molecule has 0 bridgehead atoms. The third-order valence-corrected chi connectivity index (χ3v) is 2.69. The summed E-state index contributed by atoms with van der Waals surface area (Å²) in [6, 6.07) is 0. The van der Waals surface area contributed by atoms with Gasteiger partial charge in [-0.3, -0.25) is 0 Å². The van der Waals surface area contributed by atoms with Gasteiger partial charge in [0.1, 0.15) is 0 Å². The molecule has 0 heterocycles. The minimum Gasteiger partial charge on any atom is -0.382 e. The van der Waals surface area contributed by atoms with E-state index in [0.29, 0.717) is 18.8 Å². The fourth-order valence-electron chi connectivity index (χ4n) is 1.55. The minimum absolute atomic E-state index is 0.407. The second kappa shape index (κ2) is 5.58. The Balaban J connectivity index is 1.83. The zero-order chi connectivity index (χ0) is 9.57. The molecule has 1 fully saturated rings. The normalized spacial score (nSPS) is 19.8. The molecule has 1 saturated carbocycles. The number of hydrogen-bond acceptors (Lipinski definition) is 3. The molecule has 0 aliphatic heterocycles. The SMILES string of the molecule is COCCOCCNC1(C)CCC1. The van der Waals surface area contributed by atoms with Gasteiger partial charge in [0.25, 0.3) is 0 Å². The third-order valence-electron chi connectivity index (χ3n) is 2.69. The Hall–Kier alpha value is -0.120. The predicted octanol–water partition coefficient (Wildman–Crippen LogP) is 1.18. The zero-order valence-corrected chi connectivity index (χ0v) is 8.77. The molecule has 0 radical (unpaired) electrons. The van der Waals surface area contributed by atoms with Crippen molar-refractivity contribution < 1.29 is 9.47 Å². The van der Waals surface area contributed by atoms with Crippen LogP contribution in [0.3, 0.4) is 0 Å². The van der Waals surface area contributed by atoms with Crippen LogP contribution in [-0.2, 0) is 9.47 Å². The van der Waals surface area contributed by atoms with E-state index < -0.39 is 0 Å². The van der Waals surface area contributed by atoms with Crippen LogP contribution in [0.5, 0.6) is 0 Å². The first-order valence-corrected chi connectivity index (χ1v) is 5.08. The van der Waals surface area contributed by atoms with Gasteiger partial charge in [0.05, 0.1) is 19.8 Å². The first-order valence-electron chi connectivity index (χ1n) is 5.08. The van der Waals surface area contributed by atoms with Crippen LogP contribution in [0.15, 0.2) is 0 Å². The van der Waals surface area contributed by atoms with Crippen LogP contribution >= 0.6 is 0 Å². The number of ether oxygens (including phenoxy) is 2. The number of hydrogen-bond donors (Lipinski definition) is 1. The van der Waals surface area contributed by atoms with Gasteiger partial charge >= 0.3 is 0 Å². The Morgan fingerprint density at radius 3 is 2.54 bits per heavy atom. The molecular formula is C10H21NO2. The lowest BCUT2D eigenvalue weighted by Crippen LogP contribution is -2.49. The Morgan fingerprint density at radius 2 is 2.00 bits per heavy atom. The molecule has 1 N–H and O–H groups in total. The van der Waals surface area contributed by atoms with Crippen molar-refractivity contribution in [1.82, 2.24) is 5.32 Å². The van der Waals surface area contributed by atoms with E-state index in [1.165, 1.54) is 19.3 Å². The highest BCUT2D eigenvalue weighted by atomic mass is 16.5. The lowest BCUT2D eigenvalue weighted by molar-refractivity contribution is 0.0657. The van der Waals surface area contributed by atoms with Crippen molar-refractivity contribution >= 4 is 0 Å². The van der Waals surface area contributed by atoms with Crippen molar-refractivity contribution in [3.8, 4) is 0 Å².